The molecule has 0 radical (unpaired) electrons. The highest BCUT2D eigenvalue weighted by molar-refractivity contribution is 5.84. The van der Waals surface area contributed by atoms with Crippen molar-refractivity contribution in [3.8, 4) is 11.4 Å². The number of aromatic nitrogens is 4. The number of imidazole rings is 1. The van der Waals surface area contributed by atoms with Gasteiger partial charge in [0.25, 0.3) is 5.69 Å². The number of non-ortho nitro benzene ring substituents is 1. The van der Waals surface area contributed by atoms with Crippen LogP contribution in [-0.2, 0) is 6.54 Å². The van der Waals surface area contributed by atoms with Crippen LogP contribution in [0.5, 0.6) is 0 Å². The molecule has 0 bridgehead atoms. The van der Waals surface area contributed by atoms with Crippen molar-refractivity contribution in [2.24, 2.45) is 0 Å². The van der Waals surface area contributed by atoms with Crippen molar-refractivity contribution in [3.05, 3.63) is 58.6 Å². The number of benzene rings is 2. The van der Waals surface area contributed by atoms with Crippen molar-refractivity contribution >= 4 is 28.0 Å². The molecule has 0 fully saturated rings. The van der Waals surface area contributed by atoms with Gasteiger partial charge in [0.05, 0.1) is 16.0 Å². The molecule has 0 N–H and O–H groups in total. The van der Waals surface area contributed by atoms with E-state index in [1.54, 1.807) is 12.1 Å². The second-order valence-corrected chi connectivity index (χ2v) is 6.46. The van der Waals surface area contributed by atoms with Gasteiger partial charge in [-0.3, -0.25) is 10.1 Å². The summed E-state index contributed by atoms with van der Waals surface area (Å²) in [6, 6.07) is 14.2. The van der Waals surface area contributed by atoms with E-state index in [-0.39, 0.29) is 5.69 Å². The van der Waals surface area contributed by atoms with Crippen LogP contribution in [0.25, 0.3) is 33.7 Å². The minimum absolute atomic E-state index is 0.0642. The smallest absolute Gasteiger partial charge is 0.269 e. The lowest BCUT2D eigenvalue weighted by Crippen LogP contribution is -2.02. The molecule has 7 nitrogen and oxygen atoms in total. The predicted octanol–water partition coefficient (Wildman–Crippen LogP) is 4.74. The van der Waals surface area contributed by atoms with Crippen LogP contribution in [-0.4, -0.2) is 24.4 Å². The molecule has 4 aromatic rings. The third-order valence-electron chi connectivity index (χ3n) is 4.58. The Hall–Kier alpha value is -3.35. The van der Waals surface area contributed by atoms with Crippen LogP contribution in [0, 0.1) is 10.1 Å². The van der Waals surface area contributed by atoms with Crippen molar-refractivity contribution in [1.82, 2.24) is 19.5 Å². The molecule has 0 aliphatic carbocycles. The van der Waals surface area contributed by atoms with Gasteiger partial charge >= 0.3 is 0 Å². The molecule has 0 saturated heterocycles. The Morgan fingerprint density at radius 1 is 0.963 bits per heavy atom. The average molecular weight is 361 g/mol. The molecular weight excluding hydrogens is 342 g/mol. The first kappa shape index (κ1) is 17.1. The van der Waals surface area contributed by atoms with Crippen molar-refractivity contribution in [2.45, 2.75) is 32.7 Å². The van der Waals surface area contributed by atoms with E-state index in [1.165, 1.54) is 12.1 Å². The summed E-state index contributed by atoms with van der Waals surface area (Å²) in [6.45, 7) is 2.94. The molecule has 0 atom stereocenters. The molecule has 0 saturated carbocycles. The zero-order chi connectivity index (χ0) is 18.8. The van der Waals surface area contributed by atoms with E-state index in [9.17, 15) is 10.1 Å². The first-order chi connectivity index (χ1) is 13.2. The Balaban J connectivity index is 1.87. The quantitative estimate of drug-likeness (QED) is 0.281. The topological polar surface area (TPSA) is 86.7 Å². The maximum atomic E-state index is 10.9. The third-order valence-corrected chi connectivity index (χ3v) is 4.58. The Morgan fingerprint density at radius 3 is 2.33 bits per heavy atom. The number of para-hydroxylation sites is 2. The van der Waals surface area contributed by atoms with Gasteiger partial charge in [0.1, 0.15) is 5.82 Å². The first-order valence-corrected chi connectivity index (χ1v) is 9.05. The van der Waals surface area contributed by atoms with Crippen molar-refractivity contribution in [3.63, 3.8) is 0 Å². The van der Waals surface area contributed by atoms with Crippen molar-refractivity contribution < 1.29 is 4.92 Å². The zero-order valence-electron chi connectivity index (χ0n) is 15.0. The molecule has 27 heavy (non-hydrogen) atoms. The maximum Gasteiger partial charge on any atom is 0.269 e. The van der Waals surface area contributed by atoms with E-state index in [1.807, 2.05) is 24.3 Å². The molecule has 7 heteroatoms. The van der Waals surface area contributed by atoms with Gasteiger partial charge in [-0.2, -0.15) is 0 Å². The maximum absolute atomic E-state index is 10.9. The van der Waals surface area contributed by atoms with Gasteiger partial charge < -0.3 is 4.57 Å². The Bertz CT molecular complexity index is 1120. The van der Waals surface area contributed by atoms with Crippen LogP contribution in [0.3, 0.4) is 0 Å². The number of nitrogens with zero attached hydrogens (tertiary/aromatic N) is 5. The number of aryl methyl sites for hydroxylation is 1. The van der Waals surface area contributed by atoms with E-state index in [0.717, 1.165) is 53.9 Å². The Morgan fingerprint density at radius 2 is 1.67 bits per heavy atom. The zero-order valence-corrected chi connectivity index (χ0v) is 15.0. The fourth-order valence-electron chi connectivity index (χ4n) is 3.18. The molecule has 2 heterocycles. The Kier molecular flexibility index (Phi) is 4.50. The van der Waals surface area contributed by atoms with E-state index >= 15 is 0 Å². The van der Waals surface area contributed by atoms with Crippen LogP contribution in [0.4, 0.5) is 5.69 Å². The molecule has 0 aliphatic heterocycles. The fourth-order valence-corrected chi connectivity index (χ4v) is 3.18. The molecular formula is C20H19N5O2. The van der Waals surface area contributed by atoms with Gasteiger partial charge in [-0.15, -0.1) is 0 Å². The molecule has 4 rings (SSSR count). The number of fused-ring (bicyclic) bond motifs is 2. The van der Waals surface area contributed by atoms with E-state index in [4.69, 9.17) is 9.97 Å². The lowest BCUT2D eigenvalue weighted by molar-refractivity contribution is -0.384. The van der Waals surface area contributed by atoms with Crippen molar-refractivity contribution in [1.29, 1.82) is 0 Å². The number of unbranched alkanes of at least 4 members (excludes halogenated alkanes) is 2. The van der Waals surface area contributed by atoms with Gasteiger partial charge in [-0.25, -0.2) is 15.0 Å². The highest BCUT2D eigenvalue weighted by Gasteiger charge is 2.16. The van der Waals surface area contributed by atoms with Crippen LogP contribution < -0.4 is 0 Å². The molecule has 0 amide bonds. The SMILES string of the molecule is CCCCCn1c(-c2ccc([N+](=O)[O-])cc2)nc2nc3ccccc3nc21. The highest BCUT2D eigenvalue weighted by Crippen LogP contribution is 2.26. The number of nitro groups is 1. The molecule has 2 aromatic carbocycles. The average Bonchev–Trinajstić information content (AvgIpc) is 3.04. The standard InChI is InChI=1S/C20H19N5O2/c1-2-3-6-13-24-19(14-9-11-15(12-10-14)25(26)27)23-18-20(24)22-17-8-5-4-7-16(17)21-18/h4-5,7-12H,2-3,6,13H2,1H3. The third kappa shape index (κ3) is 3.23. The number of rotatable bonds is 6. The summed E-state index contributed by atoms with van der Waals surface area (Å²) in [7, 11) is 0. The lowest BCUT2D eigenvalue weighted by atomic mass is 10.2. The molecule has 0 spiro atoms. The number of hydrogen-bond donors (Lipinski definition) is 0. The molecule has 0 unspecified atom stereocenters. The lowest BCUT2D eigenvalue weighted by Gasteiger charge is -2.08. The summed E-state index contributed by atoms with van der Waals surface area (Å²) >= 11 is 0. The van der Waals surface area contributed by atoms with Crippen molar-refractivity contribution in [2.75, 3.05) is 0 Å². The van der Waals surface area contributed by atoms with Gasteiger partial charge in [0.15, 0.2) is 11.3 Å². The second-order valence-electron chi connectivity index (χ2n) is 6.46. The summed E-state index contributed by atoms with van der Waals surface area (Å²) in [5.41, 5.74) is 3.86. The first-order valence-electron chi connectivity index (χ1n) is 9.05. The molecule has 0 aliphatic rings. The minimum Gasteiger partial charge on any atom is -0.307 e. The van der Waals surface area contributed by atoms with Gasteiger partial charge in [0.2, 0.25) is 0 Å². The van der Waals surface area contributed by atoms with Gasteiger partial charge in [-0.05, 0) is 30.7 Å². The van der Waals surface area contributed by atoms with Crippen LogP contribution in [0.15, 0.2) is 48.5 Å². The fraction of sp³-hybridized carbons (Fsp3) is 0.250. The highest BCUT2D eigenvalue weighted by atomic mass is 16.6. The van der Waals surface area contributed by atoms with Crippen LogP contribution >= 0.6 is 0 Å². The Labute approximate surface area is 155 Å². The normalized spacial score (nSPS) is 11.3. The summed E-state index contributed by atoms with van der Waals surface area (Å²) in [5, 5.41) is 10.9. The van der Waals surface area contributed by atoms with E-state index in [0.29, 0.717) is 5.65 Å². The summed E-state index contributed by atoms with van der Waals surface area (Å²) in [4.78, 5) is 24.7. The monoisotopic (exact) mass is 361 g/mol. The van der Waals surface area contributed by atoms with E-state index in [2.05, 4.69) is 16.5 Å². The number of nitro benzene ring substituents is 1. The van der Waals surface area contributed by atoms with Crippen LogP contribution in [0.2, 0.25) is 0 Å². The minimum atomic E-state index is -0.399. The largest absolute Gasteiger partial charge is 0.307 e. The molecule has 2 aromatic heterocycles. The number of hydrogen-bond acceptors (Lipinski definition) is 5. The van der Waals surface area contributed by atoms with E-state index < -0.39 is 4.92 Å². The summed E-state index contributed by atoms with van der Waals surface area (Å²) in [5.74, 6) is 0.742. The van der Waals surface area contributed by atoms with Crippen LogP contribution in [0.1, 0.15) is 26.2 Å². The second kappa shape index (κ2) is 7.11. The summed E-state index contributed by atoms with van der Waals surface area (Å²) < 4.78 is 2.07. The molecule has 136 valence electrons. The predicted molar refractivity (Wildman–Crippen MR) is 104 cm³/mol. The van der Waals surface area contributed by atoms with Gasteiger partial charge in [-0.1, -0.05) is 31.9 Å². The van der Waals surface area contributed by atoms with Gasteiger partial charge in [0, 0.05) is 24.2 Å². The summed E-state index contributed by atoms with van der Waals surface area (Å²) in [6.07, 6.45) is 3.24.